The first-order valence-corrected chi connectivity index (χ1v) is 5.04. The van der Waals surface area contributed by atoms with Crippen molar-refractivity contribution < 1.29 is 0 Å². The molecule has 1 rings (SSSR count). The molecule has 0 saturated heterocycles. The van der Waals surface area contributed by atoms with Crippen molar-refractivity contribution in [1.82, 2.24) is 15.1 Å². The number of nitrogens with one attached hydrogen (secondary N) is 1. The molecule has 1 unspecified atom stereocenters. The van der Waals surface area contributed by atoms with Crippen molar-refractivity contribution in [2.45, 2.75) is 32.9 Å². The lowest BCUT2D eigenvalue weighted by Gasteiger charge is -2.07. The molecule has 1 N–H and O–H groups in total. The monoisotopic (exact) mass is 193 g/mol. The summed E-state index contributed by atoms with van der Waals surface area (Å²) >= 11 is 0. The molecule has 1 atom stereocenters. The minimum atomic E-state index is 0.347. The van der Waals surface area contributed by atoms with Crippen LogP contribution in [0.25, 0.3) is 0 Å². The van der Waals surface area contributed by atoms with Gasteiger partial charge in [0.05, 0.1) is 5.69 Å². The van der Waals surface area contributed by atoms with Crippen LogP contribution >= 0.6 is 0 Å². The minimum absolute atomic E-state index is 0.347. The third-order valence-electron chi connectivity index (χ3n) is 2.29. The summed E-state index contributed by atoms with van der Waals surface area (Å²) in [6.45, 7) is 8.82. The standard InChI is InChI=1S/C11H19N3/c1-5-9(3)12-7-10-8-14(4)13-11(10)6-2/h5,8-9,12H,1,6-7H2,2-4H3. The Labute approximate surface area is 85.8 Å². The lowest BCUT2D eigenvalue weighted by Crippen LogP contribution is -2.23. The van der Waals surface area contributed by atoms with Gasteiger partial charge >= 0.3 is 0 Å². The number of aryl methyl sites for hydroxylation is 2. The molecule has 0 aliphatic carbocycles. The van der Waals surface area contributed by atoms with Crippen LogP contribution in [-0.4, -0.2) is 15.8 Å². The number of hydrogen-bond acceptors (Lipinski definition) is 2. The Hall–Kier alpha value is -1.09. The Morgan fingerprint density at radius 2 is 2.43 bits per heavy atom. The maximum Gasteiger partial charge on any atom is 0.0666 e. The molecule has 3 heteroatoms. The zero-order valence-electron chi connectivity index (χ0n) is 9.25. The van der Waals surface area contributed by atoms with Crippen LogP contribution in [-0.2, 0) is 20.0 Å². The molecule has 1 aromatic rings. The second-order valence-electron chi connectivity index (χ2n) is 3.53. The molecule has 1 aromatic heterocycles. The Balaban J connectivity index is 2.61. The lowest BCUT2D eigenvalue weighted by molar-refractivity contribution is 0.631. The van der Waals surface area contributed by atoms with Gasteiger partial charge in [0.2, 0.25) is 0 Å². The van der Waals surface area contributed by atoms with Crippen LogP contribution in [0.15, 0.2) is 18.9 Å². The van der Waals surface area contributed by atoms with E-state index < -0.39 is 0 Å². The normalized spacial score (nSPS) is 12.8. The van der Waals surface area contributed by atoms with Gasteiger partial charge in [0, 0.05) is 31.4 Å². The lowest BCUT2D eigenvalue weighted by atomic mass is 10.2. The Morgan fingerprint density at radius 1 is 1.71 bits per heavy atom. The highest BCUT2D eigenvalue weighted by Crippen LogP contribution is 2.06. The van der Waals surface area contributed by atoms with E-state index >= 15 is 0 Å². The maximum absolute atomic E-state index is 4.38. The second-order valence-corrected chi connectivity index (χ2v) is 3.53. The molecule has 3 nitrogen and oxygen atoms in total. The van der Waals surface area contributed by atoms with E-state index in [1.54, 1.807) is 0 Å². The van der Waals surface area contributed by atoms with Gasteiger partial charge in [-0.3, -0.25) is 4.68 Å². The average molecular weight is 193 g/mol. The highest BCUT2D eigenvalue weighted by atomic mass is 15.3. The molecule has 0 fully saturated rings. The quantitative estimate of drug-likeness (QED) is 0.721. The molecule has 78 valence electrons. The van der Waals surface area contributed by atoms with E-state index in [1.165, 1.54) is 11.3 Å². The SMILES string of the molecule is C=CC(C)NCc1cn(C)nc1CC. The number of hydrogen-bond donors (Lipinski definition) is 1. The summed E-state index contributed by atoms with van der Waals surface area (Å²) < 4.78 is 1.87. The smallest absolute Gasteiger partial charge is 0.0666 e. The summed E-state index contributed by atoms with van der Waals surface area (Å²) in [6.07, 6.45) is 4.96. The second kappa shape index (κ2) is 4.96. The number of nitrogens with zero attached hydrogens (tertiary/aromatic N) is 2. The molecule has 0 amide bonds. The average Bonchev–Trinajstić information content (AvgIpc) is 2.55. The highest BCUT2D eigenvalue weighted by Gasteiger charge is 2.05. The van der Waals surface area contributed by atoms with Gasteiger partial charge in [-0.15, -0.1) is 6.58 Å². The number of aromatic nitrogens is 2. The summed E-state index contributed by atoms with van der Waals surface area (Å²) in [4.78, 5) is 0. The Kier molecular flexibility index (Phi) is 3.89. The van der Waals surface area contributed by atoms with E-state index in [1.807, 2.05) is 17.8 Å². The first kappa shape index (κ1) is 11.0. The third-order valence-corrected chi connectivity index (χ3v) is 2.29. The van der Waals surface area contributed by atoms with Crippen molar-refractivity contribution in [1.29, 1.82) is 0 Å². The highest BCUT2D eigenvalue weighted by molar-refractivity contribution is 5.16. The van der Waals surface area contributed by atoms with Crippen LogP contribution in [0.4, 0.5) is 0 Å². The van der Waals surface area contributed by atoms with Crippen molar-refractivity contribution in [3.05, 3.63) is 30.1 Å². The summed E-state index contributed by atoms with van der Waals surface area (Å²) in [7, 11) is 1.96. The molecular weight excluding hydrogens is 174 g/mol. The largest absolute Gasteiger partial charge is 0.307 e. The first-order chi connectivity index (χ1) is 6.67. The molecule has 0 radical (unpaired) electrons. The van der Waals surface area contributed by atoms with E-state index in [0.29, 0.717) is 6.04 Å². The van der Waals surface area contributed by atoms with Gasteiger partial charge < -0.3 is 5.32 Å². The van der Waals surface area contributed by atoms with Gasteiger partial charge in [-0.25, -0.2) is 0 Å². The summed E-state index contributed by atoms with van der Waals surface area (Å²) in [5.41, 5.74) is 2.46. The van der Waals surface area contributed by atoms with Gasteiger partial charge in [-0.05, 0) is 13.3 Å². The van der Waals surface area contributed by atoms with Crippen LogP contribution in [0.3, 0.4) is 0 Å². The molecule has 1 heterocycles. The van der Waals surface area contributed by atoms with Crippen LogP contribution in [0.2, 0.25) is 0 Å². The van der Waals surface area contributed by atoms with E-state index in [0.717, 1.165) is 13.0 Å². The van der Waals surface area contributed by atoms with E-state index in [4.69, 9.17) is 0 Å². The third kappa shape index (κ3) is 2.70. The predicted octanol–water partition coefficient (Wildman–Crippen LogP) is 1.65. The molecule has 14 heavy (non-hydrogen) atoms. The van der Waals surface area contributed by atoms with Crippen LogP contribution in [0, 0.1) is 0 Å². The van der Waals surface area contributed by atoms with Gasteiger partial charge in [-0.2, -0.15) is 5.10 Å². The first-order valence-electron chi connectivity index (χ1n) is 5.04. The Bertz CT molecular complexity index is 301. The minimum Gasteiger partial charge on any atom is -0.307 e. The zero-order chi connectivity index (χ0) is 10.6. The van der Waals surface area contributed by atoms with Gasteiger partial charge in [0.25, 0.3) is 0 Å². The molecule has 0 aliphatic rings. The van der Waals surface area contributed by atoms with Crippen LogP contribution in [0.1, 0.15) is 25.1 Å². The van der Waals surface area contributed by atoms with E-state index in [-0.39, 0.29) is 0 Å². The fourth-order valence-electron chi connectivity index (χ4n) is 1.38. The van der Waals surface area contributed by atoms with Gasteiger partial charge in [0.15, 0.2) is 0 Å². The molecule has 0 bridgehead atoms. The molecule has 0 aliphatic heterocycles. The van der Waals surface area contributed by atoms with Gasteiger partial charge in [-0.1, -0.05) is 13.0 Å². The Morgan fingerprint density at radius 3 is 3.00 bits per heavy atom. The van der Waals surface area contributed by atoms with E-state index in [2.05, 4.69) is 37.0 Å². The maximum atomic E-state index is 4.38. The fourth-order valence-corrected chi connectivity index (χ4v) is 1.38. The molecule has 0 aromatic carbocycles. The fraction of sp³-hybridized carbons (Fsp3) is 0.545. The summed E-state index contributed by atoms with van der Waals surface area (Å²) in [6, 6.07) is 0.347. The molecular formula is C11H19N3. The number of rotatable bonds is 5. The van der Waals surface area contributed by atoms with Crippen molar-refractivity contribution in [3.8, 4) is 0 Å². The van der Waals surface area contributed by atoms with Crippen molar-refractivity contribution >= 4 is 0 Å². The zero-order valence-corrected chi connectivity index (χ0v) is 9.25. The van der Waals surface area contributed by atoms with Crippen molar-refractivity contribution in [2.75, 3.05) is 0 Å². The summed E-state index contributed by atoms with van der Waals surface area (Å²) in [5, 5.41) is 7.75. The van der Waals surface area contributed by atoms with Gasteiger partial charge in [0.1, 0.15) is 0 Å². The van der Waals surface area contributed by atoms with Crippen molar-refractivity contribution in [2.24, 2.45) is 7.05 Å². The molecule has 0 spiro atoms. The molecule has 0 saturated carbocycles. The topological polar surface area (TPSA) is 29.9 Å². The van der Waals surface area contributed by atoms with E-state index in [9.17, 15) is 0 Å². The van der Waals surface area contributed by atoms with Crippen molar-refractivity contribution in [3.63, 3.8) is 0 Å². The summed E-state index contributed by atoms with van der Waals surface area (Å²) in [5.74, 6) is 0. The van der Waals surface area contributed by atoms with Crippen LogP contribution < -0.4 is 5.32 Å². The predicted molar refractivity (Wildman–Crippen MR) is 59.1 cm³/mol. The van der Waals surface area contributed by atoms with Crippen LogP contribution in [0.5, 0.6) is 0 Å².